The third-order valence-electron chi connectivity index (χ3n) is 3.67. The molecule has 0 aliphatic carbocycles. The normalized spacial score (nSPS) is 10.9. The van der Waals surface area contributed by atoms with Gasteiger partial charge in [-0.15, -0.1) is 0 Å². The number of sulfonamides is 1. The Morgan fingerprint density at radius 1 is 0.857 bits per heavy atom. The number of carbonyl (C=O) groups excluding carboxylic acids is 1. The molecule has 3 aromatic rings. The molecule has 0 unspecified atom stereocenters. The van der Waals surface area contributed by atoms with Crippen molar-refractivity contribution in [3.8, 4) is 5.75 Å². The summed E-state index contributed by atoms with van der Waals surface area (Å²) >= 11 is 0. The zero-order chi connectivity index (χ0) is 20.0. The Morgan fingerprint density at radius 2 is 1.50 bits per heavy atom. The summed E-state index contributed by atoms with van der Waals surface area (Å²) in [6.07, 6.45) is 0. The number of carbonyl (C=O) groups is 1. The second-order valence-electron chi connectivity index (χ2n) is 5.76. The summed E-state index contributed by atoms with van der Waals surface area (Å²) in [6, 6.07) is 19.9. The molecular formula is C20H17FN2O4S. The van der Waals surface area contributed by atoms with Crippen LogP contribution in [0.15, 0.2) is 83.8 Å². The van der Waals surface area contributed by atoms with Crippen molar-refractivity contribution >= 4 is 27.3 Å². The Morgan fingerprint density at radius 3 is 2.18 bits per heavy atom. The fraction of sp³-hybridized carbons (Fsp3) is 0.0500. The van der Waals surface area contributed by atoms with Gasteiger partial charge in [-0.2, -0.15) is 0 Å². The number of para-hydroxylation sites is 2. The van der Waals surface area contributed by atoms with Crippen molar-refractivity contribution in [1.29, 1.82) is 0 Å². The molecule has 0 saturated carbocycles. The molecule has 3 aromatic carbocycles. The van der Waals surface area contributed by atoms with Crippen molar-refractivity contribution in [1.82, 2.24) is 0 Å². The van der Waals surface area contributed by atoms with Crippen LogP contribution in [0.2, 0.25) is 0 Å². The number of anilines is 2. The van der Waals surface area contributed by atoms with Gasteiger partial charge >= 0.3 is 0 Å². The zero-order valence-corrected chi connectivity index (χ0v) is 15.4. The van der Waals surface area contributed by atoms with Crippen LogP contribution in [0, 0.1) is 5.82 Å². The van der Waals surface area contributed by atoms with Crippen LogP contribution in [0.1, 0.15) is 0 Å². The number of amides is 1. The van der Waals surface area contributed by atoms with Crippen molar-refractivity contribution in [3.63, 3.8) is 0 Å². The van der Waals surface area contributed by atoms with E-state index in [4.69, 9.17) is 4.74 Å². The first-order valence-corrected chi connectivity index (χ1v) is 9.77. The molecule has 0 bridgehead atoms. The van der Waals surface area contributed by atoms with Gasteiger partial charge < -0.3 is 10.1 Å². The van der Waals surface area contributed by atoms with E-state index in [2.05, 4.69) is 10.0 Å². The average molecular weight is 400 g/mol. The Kier molecular flexibility index (Phi) is 5.90. The van der Waals surface area contributed by atoms with Crippen LogP contribution in [-0.2, 0) is 14.8 Å². The van der Waals surface area contributed by atoms with Crippen LogP contribution in [0.25, 0.3) is 0 Å². The molecule has 6 nitrogen and oxygen atoms in total. The minimum absolute atomic E-state index is 0.0222. The molecule has 0 atom stereocenters. The number of hydrogen-bond acceptors (Lipinski definition) is 4. The van der Waals surface area contributed by atoms with Gasteiger partial charge in [-0.3, -0.25) is 9.52 Å². The summed E-state index contributed by atoms with van der Waals surface area (Å²) in [7, 11) is -3.74. The van der Waals surface area contributed by atoms with E-state index in [1.165, 1.54) is 42.5 Å². The molecule has 0 aliphatic heterocycles. The minimum atomic E-state index is -3.74. The van der Waals surface area contributed by atoms with E-state index >= 15 is 0 Å². The van der Waals surface area contributed by atoms with E-state index in [0.717, 1.165) is 0 Å². The molecule has 3 rings (SSSR count). The standard InChI is InChI=1S/C20H17FN2O4S/c21-18-8-4-5-9-19(18)27-14-20(24)22-15-10-12-17(13-11-15)28(25,26)23-16-6-2-1-3-7-16/h1-13,23H,14H2,(H,22,24). The molecule has 2 N–H and O–H groups in total. The van der Waals surface area contributed by atoms with Crippen molar-refractivity contribution in [3.05, 3.63) is 84.7 Å². The largest absolute Gasteiger partial charge is 0.481 e. The highest BCUT2D eigenvalue weighted by Crippen LogP contribution is 2.18. The third-order valence-corrected chi connectivity index (χ3v) is 5.07. The van der Waals surface area contributed by atoms with E-state index < -0.39 is 21.7 Å². The van der Waals surface area contributed by atoms with Crippen molar-refractivity contribution in [2.75, 3.05) is 16.6 Å². The summed E-state index contributed by atoms with van der Waals surface area (Å²) in [5, 5.41) is 2.56. The van der Waals surface area contributed by atoms with Gasteiger partial charge in [-0.05, 0) is 48.5 Å². The summed E-state index contributed by atoms with van der Waals surface area (Å²) in [5.41, 5.74) is 0.839. The van der Waals surface area contributed by atoms with Gasteiger partial charge in [0.2, 0.25) is 0 Å². The Balaban J connectivity index is 1.59. The highest BCUT2D eigenvalue weighted by molar-refractivity contribution is 7.92. The summed E-state index contributed by atoms with van der Waals surface area (Å²) in [4.78, 5) is 12.0. The summed E-state index contributed by atoms with van der Waals surface area (Å²) in [6.45, 7) is -0.378. The highest BCUT2D eigenvalue weighted by Gasteiger charge is 2.14. The zero-order valence-electron chi connectivity index (χ0n) is 14.6. The smallest absolute Gasteiger partial charge is 0.262 e. The van der Waals surface area contributed by atoms with Crippen LogP contribution in [0.5, 0.6) is 5.75 Å². The third kappa shape index (κ3) is 5.08. The molecule has 0 fully saturated rings. The molecule has 0 spiro atoms. The minimum Gasteiger partial charge on any atom is -0.481 e. The van der Waals surface area contributed by atoms with Gasteiger partial charge in [0.05, 0.1) is 4.90 Å². The second kappa shape index (κ2) is 8.53. The Bertz CT molecular complexity index is 1060. The lowest BCUT2D eigenvalue weighted by atomic mass is 10.3. The van der Waals surface area contributed by atoms with E-state index in [1.807, 2.05) is 0 Å². The Hall–Kier alpha value is -3.39. The average Bonchev–Trinajstić information content (AvgIpc) is 2.68. The van der Waals surface area contributed by atoms with Gasteiger partial charge in [0.15, 0.2) is 18.2 Å². The van der Waals surface area contributed by atoms with E-state index in [-0.39, 0.29) is 17.3 Å². The van der Waals surface area contributed by atoms with Gasteiger partial charge in [0.1, 0.15) is 0 Å². The first-order valence-electron chi connectivity index (χ1n) is 8.29. The fourth-order valence-corrected chi connectivity index (χ4v) is 3.40. The first kappa shape index (κ1) is 19.4. The van der Waals surface area contributed by atoms with Crippen LogP contribution in [0.3, 0.4) is 0 Å². The predicted molar refractivity (Wildman–Crippen MR) is 104 cm³/mol. The second-order valence-corrected chi connectivity index (χ2v) is 7.45. The van der Waals surface area contributed by atoms with Gasteiger partial charge in [-0.25, -0.2) is 12.8 Å². The molecule has 0 aromatic heterocycles. The molecule has 0 heterocycles. The molecule has 0 aliphatic rings. The molecule has 1 amide bonds. The maximum absolute atomic E-state index is 13.5. The number of ether oxygens (including phenoxy) is 1. The number of rotatable bonds is 7. The van der Waals surface area contributed by atoms with Crippen molar-refractivity contribution in [2.24, 2.45) is 0 Å². The molecule has 0 radical (unpaired) electrons. The fourth-order valence-electron chi connectivity index (χ4n) is 2.34. The monoisotopic (exact) mass is 400 g/mol. The van der Waals surface area contributed by atoms with Crippen LogP contribution in [0.4, 0.5) is 15.8 Å². The molecule has 8 heteroatoms. The van der Waals surface area contributed by atoms with E-state index in [1.54, 1.807) is 36.4 Å². The Labute approximate surface area is 162 Å². The topological polar surface area (TPSA) is 84.5 Å². The lowest BCUT2D eigenvalue weighted by Gasteiger charge is -2.10. The number of hydrogen-bond donors (Lipinski definition) is 2. The van der Waals surface area contributed by atoms with Gasteiger partial charge in [0, 0.05) is 11.4 Å². The predicted octanol–water partition coefficient (Wildman–Crippen LogP) is 3.64. The molecule has 144 valence electrons. The molecule has 0 saturated heterocycles. The van der Waals surface area contributed by atoms with E-state index in [0.29, 0.717) is 11.4 Å². The molecule has 28 heavy (non-hydrogen) atoms. The molecular weight excluding hydrogens is 383 g/mol. The number of halogens is 1. The SMILES string of the molecule is O=C(COc1ccccc1F)Nc1ccc(S(=O)(=O)Nc2ccccc2)cc1. The van der Waals surface area contributed by atoms with E-state index in [9.17, 15) is 17.6 Å². The maximum atomic E-state index is 13.5. The lowest BCUT2D eigenvalue weighted by Crippen LogP contribution is -2.20. The number of nitrogens with one attached hydrogen (secondary N) is 2. The lowest BCUT2D eigenvalue weighted by molar-refractivity contribution is -0.118. The highest BCUT2D eigenvalue weighted by atomic mass is 32.2. The first-order chi connectivity index (χ1) is 13.4. The van der Waals surface area contributed by atoms with Crippen molar-refractivity contribution in [2.45, 2.75) is 4.90 Å². The maximum Gasteiger partial charge on any atom is 0.262 e. The van der Waals surface area contributed by atoms with Crippen LogP contribution >= 0.6 is 0 Å². The van der Waals surface area contributed by atoms with Gasteiger partial charge in [0.25, 0.3) is 15.9 Å². The summed E-state index contributed by atoms with van der Waals surface area (Å²) < 4.78 is 45.8. The van der Waals surface area contributed by atoms with Crippen LogP contribution < -0.4 is 14.8 Å². The number of benzene rings is 3. The van der Waals surface area contributed by atoms with Gasteiger partial charge in [-0.1, -0.05) is 30.3 Å². The van der Waals surface area contributed by atoms with Crippen LogP contribution in [-0.4, -0.2) is 20.9 Å². The van der Waals surface area contributed by atoms with Crippen molar-refractivity contribution < 1.29 is 22.3 Å². The summed E-state index contributed by atoms with van der Waals surface area (Å²) in [5.74, 6) is -1.08. The quantitative estimate of drug-likeness (QED) is 0.634.